The van der Waals surface area contributed by atoms with Crippen molar-refractivity contribution in [2.24, 2.45) is 10.1 Å². The predicted molar refractivity (Wildman–Crippen MR) is 106 cm³/mol. The lowest BCUT2D eigenvalue weighted by atomic mass is 10.1. The number of esters is 1. The van der Waals surface area contributed by atoms with Gasteiger partial charge in [-0.05, 0) is 19.1 Å². The molecule has 0 aliphatic heterocycles. The van der Waals surface area contributed by atoms with Crippen molar-refractivity contribution in [2.45, 2.75) is 20.1 Å². The molecule has 0 N–H and O–H groups in total. The number of halogens is 2. The van der Waals surface area contributed by atoms with Crippen molar-refractivity contribution in [3.05, 3.63) is 36.2 Å². The lowest BCUT2D eigenvalue weighted by molar-refractivity contribution is -0.133. The third-order valence-corrected chi connectivity index (χ3v) is 3.71. The van der Waals surface area contributed by atoms with Crippen molar-refractivity contribution in [1.82, 2.24) is 15.0 Å². The quantitative estimate of drug-likeness (QED) is 0.280. The Balaban J connectivity index is 2.43. The van der Waals surface area contributed by atoms with Crippen LogP contribution in [-0.2, 0) is 16.1 Å². The molecule has 0 amide bonds. The van der Waals surface area contributed by atoms with Crippen molar-refractivity contribution < 1.29 is 27.8 Å². The fourth-order valence-electron chi connectivity index (χ4n) is 2.49. The molecule has 9 nitrogen and oxygen atoms in total. The highest BCUT2D eigenvalue weighted by atomic mass is 19.3. The van der Waals surface area contributed by atoms with Gasteiger partial charge >= 0.3 is 12.6 Å². The first-order valence-corrected chi connectivity index (χ1v) is 8.76. The number of rotatable bonds is 8. The zero-order valence-electron chi connectivity index (χ0n) is 16.7. The highest BCUT2D eigenvalue weighted by molar-refractivity contribution is 6.35. The number of aliphatic imine (C=N–C) groups is 1. The van der Waals surface area contributed by atoms with Crippen LogP contribution in [0.3, 0.4) is 0 Å². The number of ether oxygens (including phenoxy) is 3. The second kappa shape index (κ2) is 10.8. The highest BCUT2D eigenvalue weighted by Crippen LogP contribution is 2.29. The van der Waals surface area contributed by atoms with Gasteiger partial charge in [0.1, 0.15) is 11.4 Å². The zero-order chi connectivity index (χ0) is 22.1. The van der Waals surface area contributed by atoms with E-state index < -0.39 is 12.6 Å². The van der Waals surface area contributed by atoms with Crippen LogP contribution in [0.4, 0.5) is 8.78 Å². The first kappa shape index (κ1) is 22.7. The van der Waals surface area contributed by atoms with Crippen LogP contribution < -0.4 is 9.47 Å². The van der Waals surface area contributed by atoms with Gasteiger partial charge in [0.25, 0.3) is 0 Å². The maximum Gasteiger partial charge on any atom is 0.387 e. The molecule has 1 aromatic heterocycles. The maximum atomic E-state index is 12.6. The van der Waals surface area contributed by atoms with E-state index in [2.05, 4.69) is 36.3 Å². The summed E-state index contributed by atoms with van der Waals surface area (Å²) in [5.74, 6) is -0.582. The second-order valence-corrected chi connectivity index (χ2v) is 5.59. The Morgan fingerprint density at radius 3 is 2.73 bits per heavy atom. The van der Waals surface area contributed by atoms with Gasteiger partial charge in [0.2, 0.25) is 11.7 Å². The van der Waals surface area contributed by atoms with Crippen LogP contribution in [0.25, 0.3) is 11.3 Å². The van der Waals surface area contributed by atoms with E-state index >= 15 is 0 Å². The molecule has 0 aliphatic rings. The Labute approximate surface area is 172 Å². The Hall–Kier alpha value is -3.63. The number of carbonyl (C=O) groups is 1. The molecule has 0 radical (unpaired) electrons. The molecular formula is C19H21F2N5O4. The van der Waals surface area contributed by atoms with Crippen LogP contribution in [0.2, 0.25) is 0 Å². The molecule has 0 bridgehead atoms. The first-order valence-electron chi connectivity index (χ1n) is 8.76. The van der Waals surface area contributed by atoms with E-state index in [4.69, 9.17) is 4.74 Å². The second-order valence-electron chi connectivity index (χ2n) is 5.59. The Morgan fingerprint density at radius 2 is 2.13 bits per heavy atom. The number of benzene rings is 1. The molecule has 0 atom stereocenters. The summed E-state index contributed by atoms with van der Waals surface area (Å²) in [5.41, 5.74) is 1.17. The summed E-state index contributed by atoms with van der Waals surface area (Å²) < 4.78 is 39.8. The number of hydrogen-bond donors (Lipinski definition) is 0. The van der Waals surface area contributed by atoms with Crippen molar-refractivity contribution >= 4 is 18.5 Å². The normalized spacial score (nSPS) is 11.2. The molecule has 2 aromatic rings. The number of carbonyl (C=O) groups excluding carboxylic acids is 1. The summed E-state index contributed by atoms with van der Waals surface area (Å²) in [5, 5.41) is 4.99. The summed E-state index contributed by atoms with van der Waals surface area (Å²) in [6, 6.07) is 6.01. The van der Waals surface area contributed by atoms with Crippen molar-refractivity contribution in [3.63, 3.8) is 0 Å². The lowest BCUT2D eigenvalue weighted by Gasteiger charge is -2.18. The van der Waals surface area contributed by atoms with Gasteiger partial charge in [-0.25, -0.2) is 19.8 Å². The van der Waals surface area contributed by atoms with Crippen LogP contribution in [0.15, 0.2) is 40.6 Å². The molecule has 0 spiro atoms. The molecular weight excluding hydrogens is 400 g/mol. The van der Waals surface area contributed by atoms with Gasteiger partial charge in [-0.15, -0.1) is 0 Å². The maximum absolute atomic E-state index is 12.6. The van der Waals surface area contributed by atoms with Gasteiger partial charge in [-0.1, -0.05) is 12.1 Å². The van der Waals surface area contributed by atoms with Crippen molar-refractivity contribution in [1.29, 1.82) is 0 Å². The largest absolute Gasteiger partial charge is 0.476 e. The standard InChI is InChI=1S/C19H21F2N5O4/c1-5-29-17-15(12-7-6-8-14(9-12)30-19(20)21)25-13(10-24-17)11-26(23-3)16(22-2)18(27)28-4/h6-10,19H,3,5,11H2,1-2,4H3. The van der Waals surface area contributed by atoms with Gasteiger partial charge in [0, 0.05) is 19.3 Å². The van der Waals surface area contributed by atoms with Gasteiger partial charge in [0.15, 0.2) is 0 Å². The first-order chi connectivity index (χ1) is 14.4. The van der Waals surface area contributed by atoms with Gasteiger partial charge in [-0.2, -0.15) is 13.9 Å². The van der Waals surface area contributed by atoms with Crippen LogP contribution in [0, 0.1) is 0 Å². The monoisotopic (exact) mass is 421 g/mol. The van der Waals surface area contributed by atoms with E-state index in [0.717, 1.165) is 0 Å². The van der Waals surface area contributed by atoms with Crippen LogP contribution >= 0.6 is 0 Å². The number of aromatic nitrogens is 2. The molecule has 0 saturated heterocycles. The summed E-state index contributed by atoms with van der Waals surface area (Å²) in [6.07, 6.45) is 1.44. The molecule has 0 saturated carbocycles. The van der Waals surface area contributed by atoms with Gasteiger partial charge in [0.05, 0.1) is 32.2 Å². The number of alkyl halides is 2. The fourth-order valence-corrected chi connectivity index (χ4v) is 2.49. The summed E-state index contributed by atoms with van der Waals surface area (Å²) in [7, 11) is 2.63. The highest BCUT2D eigenvalue weighted by Gasteiger charge is 2.21. The smallest absolute Gasteiger partial charge is 0.387 e. The van der Waals surface area contributed by atoms with Gasteiger partial charge in [-0.3, -0.25) is 4.99 Å². The van der Waals surface area contributed by atoms with Crippen molar-refractivity contribution in [2.75, 3.05) is 20.8 Å². The fraction of sp³-hybridized carbons (Fsp3) is 0.316. The summed E-state index contributed by atoms with van der Waals surface area (Å²) in [6.45, 7) is 2.58. The molecule has 0 fully saturated rings. The number of amidine groups is 1. The molecule has 160 valence electrons. The minimum Gasteiger partial charge on any atom is -0.476 e. The van der Waals surface area contributed by atoms with E-state index in [-0.39, 0.29) is 24.0 Å². The topological polar surface area (TPSA) is 98.5 Å². The molecule has 1 heterocycles. The van der Waals surface area contributed by atoms with Crippen molar-refractivity contribution in [3.8, 4) is 22.9 Å². The lowest BCUT2D eigenvalue weighted by Crippen LogP contribution is -2.33. The molecule has 2 rings (SSSR count). The molecule has 11 heteroatoms. The molecule has 1 aromatic carbocycles. The predicted octanol–water partition coefficient (Wildman–Crippen LogP) is 2.76. The van der Waals surface area contributed by atoms with Crippen LogP contribution in [0.5, 0.6) is 11.6 Å². The molecule has 0 aliphatic carbocycles. The number of hydrogen-bond acceptors (Lipinski definition) is 8. The Bertz CT molecular complexity index is 924. The average Bonchev–Trinajstić information content (AvgIpc) is 2.74. The molecule has 30 heavy (non-hydrogen) atoms. The minimum absolute atomic E-state index is 0.00486. The van der Waals surface area contributed by atoms with Gasteiger partial charge < -0.3 is 14.2 Å². The molecule has 0 unspecified atom stereocenters. The van der Waals surface area contributed by atoms with Crippen LogP contribution in [0.1, 0.15) is 12.6 Å². The SMILES string of the molecule is C=NN(Cc1cnc(OCC)c(-c2cccc(OC(F)F)c2)n1)C(=NC)C(=O)OC. The van der Waals surface area contributed by atoms with Crippen LogP contribution in [-0.4, -0.2) is 60.9 Å². The third-order valence-electron chi connectivity index (χ3n) is 3.71. The van der Waals surface area contributed by atoms with E-state index in [9.17, 15) is 13.6 Å². The summed E-state index contributed by atoms with van der Waals surface area (Å²) in [4.78, 5) is 24.5. The number of methoxy groups -OCH3 is 1. The van der Waals surface area contributed by atoms with E-state index in [1.807, 2.05) is 0 Å². The van der Waals surface area contributed by atoms with E-state index in [0.29, 0.717) is 23.6 Å². The van der Waals surface area contributed by atoms with E-state index in [1.54, 1.807) is 19.1 Å². The Kier molecular flexibility index (Phi) is 8.15. The third kappa shape index (κ3) is 5.69. The number of hydrazone groups is 1. The average molecular weight is 421 g/mol. The Morgan fingerprint density at radius 1 is 1.37 bits per heavy atom. The minimum atomic E-state index is -2.96. The van der Waals surface area contributed by atoms with E-state index in [1.165, 1.54) is 37.5 Å². The summed E-state index contributed by atoms with van der Waals surface area (Å²) >= 11 is 0. The zero-order valence-corrected chi connectivity index (χ0v) is 16.7. The number of nitrogens with zero attached hydrogens (tertiary/aromatic N) is 5.